The summed E-state index contributed by atoms with van der Waals surface area (Å²) in [6, 6.07) is 48.1. The summed E-state index contributed by atoms with van der Waals surface area (Å²) in [5.41, 5.74) is 6.74. The summed E-state index contributed by atoms with van der Waals surface area (Å²) in [4.78, 5) is 9.78. The van der Waals surface area contributed by atoms with E-state index in [1.54, 1.807) is 0 Å². The number of fused-ring (bicyclic) bond motifs is 9. The predicted molar refractivity (Wildman–Crippen MR) is 172 cm³/mol. The normalized spacial score (nSPS) is 11.5. The van der Waals surface area contributed by atoms with Crippen LogP contribution in [0.15, 0.2) is 134 Å². The molecular weight excluding hydrogens is 635 g/mol. The first-order chi connectivity index (χ1) is 21.3. The molecule has 0 fully saturated rings. The average molecular weight is 657 g/mol. The summed E-state index contributed by atoms with van der Waals surface area (Å²) in [5.74, 6) is 1.20. The molecule has 0 saturated heterocycles. The minimum Gasteiger partial charge on any atom is -0.503 e. The van der Waals surface area contributed by atoms with Crippen molar-refractivity contribution in [3.8, 4) is 28.4 Å². The molecule has 0 spiro atoms. The van der Waals surface area contributed by atoms with Gasteiger partial charge in [0.2, 0.25) is 0 Å². The number of aromatic nitrogens is 4. The van der Waals surface area contributed by atoms with Gasteiger partial charge in [-0.25, -0.2) is 4.98 Å². The van der Waals surface area contributed by atoms with Crippen LogP contribution in [0, 0.1) is 12.1 Å². The van der Waals surface area contributed by atoms with Crippen molar-refractivity contribution in [3.05, 3.63) is 146 Å². The Bertz CT molecular complexity index is 2440. The van der Waals surface area contributed by atoms with Gasteiger partial charge in [0.15, 0.2) is 0 Å². The predicted octanol–water partition coefficient (Wildman–Crippen LogP) is 9.19. The van der Waals surface area contributed by atoms with Crippen LogP contribution in [0.4, 0.5) is 0 Å². The van der Waals surface area contributed by atoms with E-state index in [1.807, 2.05) is 60.8 Å². The molecule has 5 aromatic carbocycles. The van der Waals surface area contributed by atoms with Crippen LogP contribution in [-0.2, 0) is 20.4 Å². The second-order valence-electron chi connectivity index (χ2n) is 10.5. The molecule has 0 amide bonds. The monoisotopic (exact) mass is 656 g/mol. The molecule has 5 nitrogen and oxygen atoms in total. The number of benzene rings is 5. The van der Waals surface area contributed by atoms with Crippen molar-refractivity contribution >= 4 is 49.3 Å². The molecule has 4 aromatic heterocycles. The molecule has 6 heteroatoms. The molecule has 0 aliphatic heterocycles. The van der Waals surface area contributed by atoms with E-state index in [1.165, 1.54) is 0 Å². The summed E-state index contributed by atoms with van der Waals surface area (Å²) in [6.07, 6.45) is 3.93. The smallest absolute Gasteiger partial charge is 0.503 e. The van der Waals surface area contributed by atoms with Crippen LogP contribution >= 0.6 is 0 Å². The van der Waals surface area contributed by atoms with Gasteiger partial charge >= 0.3 is 20.4 Å². The summed E-state index contributed by atoms with van der Waals surface area (Å²) in [5, 5.41) is 5.37. The Morgan fingerprint density at radius 2 is 1.30 bits per heavy atom. The van der Waals surface area contributed by atoms with Gasteiger partial charge in [-0.15, -0.1) is 30.3 Å². The summed E-state index contributed by atoms with van der Waals surface area (Å²) < 4.78 is 10.7. The third kappa shape index (κ3) is 4.11. The number of hydrogen-bond acceptors (Lipinski definition) is 3. The number of pyridine rings is 2. The fourth-order valence-corrected chi connectivity index (χ4v) is 6.12. The van der Waals surface area contributed by atoms with E-state index in [9.17, 15) is 0 Å². The Morgan fingerprint density at radius 3 is 2.16 bits per heavy atom. The van der Waals surface area contributed by atoms with E-state index in [4.69, 9.17) is 14.7 Å². The molecule has 0 aliphatic rings. The summed E-state index contributed by atoms with van der Waals surface area (Å²) >= 11 is 0. The summed E-state index contributed by atoms with van der Waals surface area (Å²) in [7, 11) is 0. The van der Waals surface area contributed by atoms with Crippen LogP contribution in [-0.4, -0.2) is 18.9 Å². The molecule has 0 unspecified atom stereocenters. The first-order valence-corrected chi connectivity index (χ1v) is 14.2. The van der Waals surface area contributed by atoms with Gasteiger partial charge in [-0.1, -0.05) is 89.3 Å². The fourth-order valence-electron chi connectivity index (χ4n) is 6.12. The number of hydrogen-bond donors (Lipinski definition) is 0. The Labute approximate surface area is 266 Å². The topological polar surface area (TPSA) is 44.4 Å². The van der Waals surface area contributed by atoms with Crippen molar-refractivity contribution in [2.24, 2.45) is 0 Å². The number of ether oxygens (including phenoxy) is 1. The average Bonchev–Trinajstić information content (AvgIpc) is 3.66. The third-order valence-corrected chi connectivity index (χ3v) is 8.02. The Balaban J connectivity index is 0.00000289. The van der Waals surface area contributed by atoms with Crippen molar-refractivity contribution in [3.63, 3.8) is 0 Å². The first kappa shape index (κ1) is 26.4. The molecule has 9 rings (SSSR count). The molecule has 44 heavy (non-hydrogen) atoms. The van der Waals surface area contributed by atoms with Crippen molar-refractivity contribution < 1.29 is 25.2 Å². The zero-order chi connectivity index (χ0) is 28.3. The minimum absolute atomic E-state index is 0. The van der Waals surface area contributed by atoms with Gasteiger partial charge in [0.25, 0.3) is 0 Å². The zero-order valence-electron chi connectivity index (χ0n) is 23.2. The quantitative estimate of drug-likeness (QED) is 0.108. The second kappa shape index (κ2) is 10.5. The molecule has 0 atom stereocenters. The van der Waals surface area contributed by atoms with E-state index in [2.05, 4.69) is 94.0 Å². The van der Waals surface area contributed by atoms with Gasteiger partial charge in [0.1, 0.15) is 5.65 Å². The number of para-hydroxylation sites is 2. The van der Waals surface area contributed by atoms with Crippen LogP contribution < -0.4 is 4.74 Å². The van der Waals surface area contributed by atoms with E-state index in [0.29, 0.717) is 11.5 Å². The molecule has 0 saturated carbocycles. The Morgan fingerprint density at radius 1 is 0.568 bits per heavy atom. The van der Waals surface area contributed by atoms with Crippen molar-refractivity contribution in [2.45, 2.75) is 0 Å². The summed E-state index contributed by atoms with van der Waals surface area (Å²) in [6.45, 7) is 0. The maximum atomic E-state index is 6.42. The number of imidazole rings is 1. The third-order valence-electron chi connectivity index (χ3n) is 8.02. The molecule has 4 heterocycles. The van der Waals surface area contributed by atoms with Gasteiger partial charge in [-0.05, 0) is 29.7 Å². The minimum atomic E-state index is 0. The largest absolute Gasteiger partial charge is 2.00 e. The number of rotatable bonds is 4. The van der Waals surface area contributed by atoms with Gasteiger partial charge in [-0.3, -0.25) is 4.98 Å². The Hall–Kier alpha value is -5.28. The zero-order valence-corrected chi connectivity index (χ0v) is 24.8. The maximum Gasteiger partial charge on any atom is 2.00 e. The Kier molecular flexibility index (Phi) is 6.27. The van der Waals surface area contributed by atoms with Crippen LogP contribution in [0.25, 0.3) is 66.2 Å². The molecule has 0 aliphatic carbocycles. The van der Waals surface area contributed by atoms with Gasteiger partial charge in [0, 0.05) is 45.7 Å². The first-order valence-electron chi connectivity index (χ1n) is 14.2. The molecular formula is C38H22N4OPd. The SMILES string of the molecule is [Pd+2].[c-]1c(Oc2[c-]c3c(cc2)c2ccccc2n2cc(-c4ccccc4)nc32)cccc1-n1c2ccccc2c2cccnc21. The van der Waals surface area contributed by atoms with Crippen LogP contribution in [0.1, 0.15) is 0 Å². The van der Waals surface area contributed by atoms with Crippen LogP contribution in [0.5, 0.6) is 11.5 Å². The molecule has 210 valence electrons. The fraction of sp³-hybridized carbons (Fsp3) is 0. The standard InChI is InChI=1S/C38H22N4O.Pd/c1-2-10-25(11-3-1)34-24-41-35-17-6-4-14-30(35)29-20-19-28(23-33(29)38(41)40-34)43-27-13-8-12-26(22-27)42-36-18-7-5-15-31(36)32-16-9-21-39-37(32)42;/h1-21,24H;/q-2;+2. The van der Waals surface area contributed by atoms with E-state index < -0.39 is 0 Å². The van der Waals surface area contributed by atoms with Crippen molar-refractivity contribution in [1.82, 2.24) is 18.9 Å². The van der Waals surface area contributed by atoms with Crippen LogP contribution in [0.2, 0.25) is 0 Å². The van der Waals surface area contributed by atoms with Crippen molar-refractivity contribution in [1.29, 1.82) is 0 Å². The molecule has 0 bridgehead atoms. The van der Waals surface area contributed by atoms with Crippen molar-refractivity contribution in [2.75, 3.05) is 0 Å². The van der Waals surface area contributed by atoms with Gasteiger partial charge < -0.3 is 13.7 Å². The van der Waals surface area contributed by atoms with Gasteiger partial charge in [-0.2, -0.15) is 6.07 Å². The van der Waals surface area contributed by atoms with E-state index in [-0.39, 0.29) is 20.4 Å². The second-order valence-corrected chi connectivity index (χ2v) is 10.5. The van der Waals surface area contributed by atoms with E-state index >= 15 is 0 Å². The van der Waals surface area contributed by atoms with E-state index in [0.717, 1.165) is 66.2 Å². The molecule has 0 N–H and O–H groups in total. The molecule has 9 aromatic rings. The molecule has 0 radical (unpaired) electrons. The maximum absolute atomic E-state index is 6.42. The van der Waals surface area contributed by atoms with Gasteiger partial charge in [0.05, 0.1) is 16.9 Å². The van der Waals surface area contributed by atoms with Crippen LogP contribution in [0.3, 0.4) is 0 Å². The number of nitrogens with zero attached hydrogens (tertiary/aromatic N) is 4.